The van der Waals surface area contributed by atoms with Crippen LogP contribution in [-0.4, -0.2) is 17.6 Å². The van der Waals surface area contributed by atoms with Crippen molar-refractivity contribution in [1.29, 1.82) is 0 Å². The Morgan fingerprint density at radius 3 is 2.68 bits per heavy atom. The van der Waals surface area contributed by atoms with Gasteiger partial charge in [0.15, 0.2) is 5.11 Å². The number of benzene rings is 2. The Morgan fingerprint density at radius 2 is 1.93 bits per heavy atom. The normalized spacial score (nSPS) is 10.4. The smallest absolute Gasteiger partial charge is 0.257 e. The summed E-state index contributed by atoms with van der Waals surface area (Å²) in [7, 11) is 0. The summed E-state index contributed by atoms with van der Waals surface area (Å²) in [5.74, 6) is 1.76. The molecule has 0 atom stereocenters. The fraction of sp³-hybridized carbons (Fsp3) is 0.143. The molecule has 0 saturated heterocycles. The van der Waals surface area contributed by atoms with Crippen LogP contribution in [0.1, 0.15) is 23.0 Å². The molecule has 3 aromatic rings. The van der Waals surface area contributed by atoms with Crippen LogP contribution in [0.25, 0.3) is 11.3 Å². The second-order valence-corrected chi connectivity index (χ2v) is 6.72. The van der Waals surface area contributed by atoms with Gasteiger partial charge in [0.1, 0.15) is 17.3 Å². The number of nitrogens with one attached hydrogen (secondary N) is 2. The molecule has 2 N–H and O–H groups in total. The van der Waals surface area contributed by atoms with Crippen LogP contribution in [-0.2, 0) is 6.54 Å². The highest BCUT2D eigenvalue weighted by Crippen LogP contribution is 2.23. The first kappa shape index (κ1) is 19.9. The van der Waals surface area contributed by atoms with E-state index in [-0.39, 0.29) is 11.0 Å². The van der Waals surface area contributed by atoms with Gasteiger partial charge in [-0.15, -0.1) is 0 Å². The Kier molecular flexibility index (Phi) is 6.68. The standard InChI is InChI=1S/C21H19ClN2O3S/c1-2-26-17-5-3-4-15(12-17)20(25)24-21(28)23-13-18-10-11-19(27-18)14-6-8-16(22)9-7-14/h3-12H,2,13H2,1H3,(H2,23,24,25,28). The van der Waals surface area contributed by atoms with E-state index in [0.29, 0.717) is 35.2 Å². The van der Waals surface area contributed by atoms with Crippen LogP contribution < -0.4 is 15.4 Å². The lowest BCUT2D eigenvalue weighted by Gasteiger charge is -2.09. The predicted octanol–water partition coefficient (Wildman–Crippen LogP) is 4.80. The van der Waals surface area contributed by atoms with Gasteiger partial charge >= 0.3 is 0 Å². The lowest BCUT2D eigenvalue weighted by molar-refractivity contribution is 0.0976. The van der Waals surface area contributed by atoms with E-state index in [9.17, 15) is 4.79 Å². The zero-order chi connectivity index (χ0) is 19.9. The highest BCUT2D eigenvalue weighted by Gasteiger charge is 2.10. The molecule has 3 rings (SSSR count). The first-order valence-corrected chi connectivity index (χ1v) is 9.50. The third-order valence-corrected chi connectivity index (χ3v) is 4.35. The lowest BCUT2D eigenvalue weighted by Crippen LogP contribution is -2.38. The third-order valence-electron chi connectivity index (χ3n) is 3.85. The number of carbonyl (C=O) groups excluding carboxylic acids is 1. The molecule has 5 nitrogen and oxygen atoms in total. The van der Waals surface area contributed by atoms with Crippen molar-refractivity contribution in [3.63, 3.8) is 0 Å². The van der Waals surface area contributed by atoms with Gasteiger partial charge in [0.25, 0.3) is 5.91 Å². The predicted molar refractivity (Wildman–Crippen MR) is 114 cm³/mol. The van der Waals surface area contributed by atoms with Crippen LogP contribution in [0.2, 0.25) is 5.02 Å². The molecule has 0 bridgehead atoms. The zero-order valence-corrected chi connectivity index (χ0v) is 16.8. The average molecular weight is 415 g/mol. The maximum atomic E-state index is 12.3. The Hall–Kier alpha value is -2.83. The Balaban J connectivity index is 1.54. The van der Waals surface area contributed by atoms with Gasteiger partial charge in [0.2, 0.25) is 0 Å². The number of carbonyl (C=O) groups is 1. The number of ether oxygens (including phenoxy) is 1. The molecule has 28 heavy (non-hydrogen) atoms. The Labute approximate surface area is 173 Å². The van der Waals surface area contributed by atoms with Crippen LogP contribution in [0, 0.1) is 0 Å². The van der Waals surface area contributed by atoms with Gasteiger partial charge in [-0.1, -0.05) is 17.7 Å². The number of furan rings is 1. The third kappa shape index (κ3) is 5.34. The molecule has 2 aromatic carbocycles. The molecule has 0 aliphatic heterocycles. The van der Waals surface area contributed by atoms with Crippen molar-refractivity contribution in [2.75, 3.05) is 6.61 Å². The molecule has 0 aliphatic carbocycles. The number of amides is 1. The summed E-state index contributed by atoms with van der Waals surface area (Å²) in [4.78, 5) is 12.3. The van der Waals surface area contributed by atoms with Crippen molar-refractivity contribution in [3.05, 3.63) is 77.0 Å². The van der Waals surface area contributed by atoms with Crippen molar-refractivity contribution in [2.24, 2.45) is 0 Å². The van der Waals surface area contributed by atoms with E-state index in [1.807, 2.05) is 43.3 Å². The average Bonchev–Trinajstić information content (AvgIpc) is 3.16. The van der Waals surface area contributed by atoms with Crippen LogP contribution in [0.5, 0.6) is 5.75 Å². The van der Waals surface area contributed by atoms with E-state index < -0.39 is 0 Å². The topological polar surface area (TPSA) is 63.5 Å². The molecule has 0 spiro atoms. The fourth-order valence-corrected chi connectivity index (χ4v) is 2.81. The monoisotopic (exact) mass is 414 g/mol. The highest BCUT2D eigenvalue weighted by atomic mass is 35.5. The molecule has 1 heterocycles. The van der Waals surface area contributed by atoms with Crippen molar-refractivity contribution < 1.29 is 13.9 Å². The van der Waals surface area contributed by atoms with Gasteiger partial charge in [-0.3, -0.25) is 10.1 Å². The summed E-state index contributed by atoms with van der Waals surface area (Å²) in [6, 6.07) is 18.1. The number of rotatable bonds is 6. The molecule has 0 aliphatic rings. The summed E-state index contributed by atoms with van der Waals surface area (Å²) in [5, 5.41) is 6.51. The van der Waals surface area contributed by atoms with Crippen molar-refractivity contribution in [1.82, 2.24) is 10.6 Å². The van der Waals surface area contributed by atoms with Gasteiger partial charge < -0.3 is 14.5 Å². The van der Waals surface area contributed by atoms with Crippen molar-refractivity contribution in [2.45, 2.75) is 13.5 Å². The van der Waals surface area contributed by atoms with Crippen LogP contribution in [0.3, 0.4) is 0 Å². The van der Waals surface area contributed by atoms with Crippen LogP contribution in [0.4, 0.5) is 0 Å². The van der Waals surface area contributed by atoms with Gasteiger partial charge in [-0.05, 0) is 73.7 Å². The van der Waals surface area contributed by atoms with Crippen LogP contribution >= 0.6 is 23.8 Å². The summed E-state index contributed by atoms with van der Waals surface area (Å²) in [6.07, 6.45) is 0. The van der Waals surface area contributed by atoms with E-state index in [4.69, 9.17) is 33.0 Å². The highest BCUT2D eigenvalue weighted by molar-refractivity contribution is 7.80. The minimum Gasteiger partial charge on any atom is -0.494 e. The zero-order valence-electron chi connectivity index (χ0n) is 15.2. The molecule has 1 amide bonds. The summed E-state index contributed by atoms with van der Waals surface area (Å²) >= 11 is 11.1. The summed E-state index contributed by atoms with van der Waals surface area (Å²) in [6.45, 7) is 2.77. The molecular formula is C21H19ClN2O3S. The molecule has 0 unspecified atom stereocenters. The number of hydrogen-bond donors (Lipinski definition) is 2. The first-order valence-electron chi connectivity index (χ1n) is 8.72. The first-order chi connectivity index (χ1) is 13.5. The maximum Gasteiger partial charge on any atom is 0.257 e. The van der Waals surface area contributed by atoms with Gasteiger partial charge in [0, 0.05) is 16.1 Å². The number of hydrogen-bond acceptors (Lipinski definition) is 4. The van der Waals surface area contributed by atoms with Crippen LogP contribution in [0.15, 0.2) is 65.1 Å². The Bertz CT molecular complexity index is 970. The molecule has 0 fully saturated rings. The summed E-state index contributed by atoms with van der Waals surface area (Å²) in [5.41, 5.74) is 1.40. The van der Waals surface area contributed by atoms with E-state index in [1.54, 1.807) is 24.3 Å². The van der Waals surface area contributed by atoms with Gasteiger partial charge in [-0.25, -0.2) is 0 Å². The van der Waals surface area contributed by atoms with Gasteiger partial charge in [-0.2, -0.15) is 0 Å². The number of thiocarbonyl (C=S) groups is 1. The SMILES string of the molecule is CCOc1cccc(C(=O)NC(=S)NCc2ccc(-c3ccc(Cl)cc3)o2)c1. The fourth-order valence-electron chi connectivity index (χ4n) is 2.52. The molecular weight excluding hydrogens is 396 g/mol. The van der Waals surface area contributed by atoms with E-state index in [2.05, 4.69) is 10.6 Å². The van der Waals surface area contributed by atoms with Crippen molar-refractivity contribution >= 4 is 34.8 Å². The van der Waals surface area contributed by atoms with Gasteiger partial charge in [0.05, 0.1) is 13.2 Å². The largest absolute Gasteiger partial charge is 0.494 e. The van der Waals surface area contributed by atoms with E-state index >= 15 is 0 Å². The summed E-state index contributed by atoms with van der Waals surface area (Å²) < 4.78 is 11.2. The second-order valence-electron chi connectivity index (χ2n) is 5.87. The minimum atomic E-state index is -0.305. The molecule has 144 valence electrons. The minimum absolute atomic E-state index is 0.219. The number of halogens is 1. The van der Waals surface area contributed by atoms with E-state index in [1.165, 1.54) is 0 Å². The Morgan fingerprint density at radius 1 is 1.14 bits per heavy atom. The quantitative estimate of drug-likeness (QED) is 0.567. The maximum absolute atomic E-state index is 12.3. The molecule has 7 heteroatoms. The lowest BCUT2D eigenvalue weighted by atomic mass is 10.2. The second kappa shape index (κ2) is 9.39. The molecule has 1 aromatic heterocycles. The van der Waals surface area contributed by atoms with E-state index in [0.717, 1.165) is 11.3 Å². The van der Waals surface area contributed by atoms with Crippen molar-refractivity contribution in [3.8, 4) is 17.1 Å². The molecule has 0 radical (unpaired) electrons. The molecule has 0 saturated carbocycles.